The van der Waals surface area contributed by atoms with Crippen LogP contribution in [0.25, 0.3) is 11.4 Å². The first-order valence-corrected chi connectivity index (χ1v) is 9.99. The Labute approximate surface area is 171 Å². The second-order valence-corrected chi connectivity index (χ2v) is 7.19. The van der Waals surface area contributed by atoms with Crippen LogP contribution >= 0.6 is 0 Å². The molecule has 0 bridgehead atoms. The van der Waals surface area contributed by atoms with Gasteiger partial charge in [-0.3, -0.25) is 0 Å². The summed E-state index contributed by atoms with van der Waals surface area (Å²) in [5, 5.41) is 3.43. The first-order chi connectivity index (χ1) is 14.2. The molecular weight excluding hydrogens is 364 g/mol. The van der Waals surface area contributed by atoms with Crippen molar-refractivity contribution in [2.45, 2.75) is 20.0 Å². The van der Waals surface area contributed by atoms with Gasteiger partial charge >= 0.3 is 0 Å². The molecule has 1 aromatic heterocycles. The van der Waals surface area contributed by atoms with E-state index in [0.29, 0.717) is 19.0 Å². The molecule has 0 spiro atoms. The molecular formula is C23H26N4O2. The summed E-state index contributed by atoms with van der Waals surface area (Å²) in [7, 11) is 0. The van der Waals surface area contributed by atoms with Gasteiger partial charge in [-0.2, -0.15) is 0 Å². The minimum atomic E-state index is 0.0899. The molecule has 1 saturated heterocycles. The van der Waals surface area contributed by atoms with Crippen LogP contribution in [0.2, 0.25) is 0 Å². The van der Waals surface area contributed by atoms with E-state index in [9.17, 15) is 0 Å². The van der Waals surface area contributed by atoms with Crippen LogP contribution in [0.15, 0.2) is 60.7 Å². The van der Waals surface area contributed by atoms with E-state index in [2.05, 4.69) is 10.2 Å². The highest BCUT2D eigenvalue weighted by molar-refractivity contribution is 5.68. The Kier molecular flexibility index (Phi) is 5.91. The Morgan fingerprint density at radius 2 is 1.69 bits per heavy atom. The third-order valence-electron chi connectivity index (χ3n) is 4.59. The fourth-order valence-corrected chi connectivity index (χ4v) is 3.23. The largest absolute Gasteiger partial charge is 0.489 e. The van der Waals surface area contributed by atoms with Gasteiger partial charge in [0.25, 0.3) is 0 Å². The van der Waals surface area contributed by atoms with Crippen molar-refractivity contribution in [2.75, 3.05) is 36.5 Å². The Morgan fingerprint density at radius 3 is 2.45 bits per heavy atom. The molecule has 1 N–H and O–H groups in total. The molecule has 1 aliphatic rings. The number of aromatic nitrogens is 2. The molecule has 2 heterocycles. The number of rotatable bonds is 6. The predicted molar refractivity (Wildman–Crippen MR) is 116 cm³/mol. The monoisotopic (exact) mass is 390 g/mol. The molecule has 1 aliphatic heterocycles. The summed E-state index contributed by atoms with van der Waals surface area (Å²) >= 11 is 0. The van der Waals surface area contributed by atoms with Crippen molar-refractivity contribution in [3.8, 4) is 17.1 Å². The first kappa shape index (κ1) is 19.2. The number of ether oxygens (including phenoxy) is 2. The zero-order valence-electron chi connectivity index (χ0n) is 16.8. The zero-order chi connectivity index (χ0) is 20.1. The topological polar surface area (TPSA) is 59.5 Å². The van der Waals surface area contributed by atoms with Gasteiger partial charge in [0.1, 0.15) is 17.4 Å². The van der Waals surface area contributed by atoms with E-state index in [1.165, 1.54) is 0 Å². The Balaban J connectivity index is 1.71. The molecule has 0 unspecified atom stereocenters. The van der Waals surface area contributed by atoms with E-state index < -0.39 is 0 Å². The second kappa shape index (κ2) is 8.92. The second-order valence-electron chi connectivity index (χ2n) is 7.19. The van der Waals surface area contributed by atoms with Gasteiger partial charge < -0.3 is 19.7 Å². The maximum Gasteiger partial charge on any atom is 0.163 e. The van der Waals surface area contributed by atoms with Crippen LogP contribution in [0, 0.1) is 0 Å². The highest BCUT2D eigenvalue weighted by Gasteiger charge is 2.16. The quantitative estimate of drug-likeness (QED) is 0.668. The minimum absolute atomic E-state index is 0.0899. The minimum Gasteiger partial charge on any atom is -0.489 e. The highest BCUT2D eigenvalue weighted by atomic mass is 16.5. The van der Waals surface area contributed by atoms with Gasteiger partial charge in [-0.1, -0.05) is 42.5 Å². The average molecular weight is 390 g/mol. The number of benzene rings is 2. The SMILES string of the molecule is CC(C)Oc1ccccc1Nc1cc(N2CCOCC2)nc(-c2ccccc2)n1. The lowest BCUT2D eigenvalue weighted by Gasteiger charge is -2.28. The van der Waals surface area contributed by atoms with E-state index in [1.807, 2.05) is 74.5 Å². The molecule has 2 aromatic carbocycles. The number of nitrogens with zero attached hydrogens (tertiary/aromatic N) is 3. The molecule has 0 radical (unpaired) electrons. The number of hydrogen-bond acceptors (Lipinski definition) is 6. The van der Waals surface area contributed by atoms with Crippen molar-refractivity contribution in [1.29, 1.82) is 0 Å². The third-order valence-corrected chi connectivity index (χ3v) is 4.59. The number of anilines is 3. The summed E-state index contributed by atoms with van der Waals surface area (Å²) in [5.41, 5.74) is 1.87. The number of hydrogen-bond donors (Lipinski definition) is 1. The molecule has 6 heteroatoms. The molecule has 29 heavy (non-hydrogen) atoms. The van der Waals surface area contributed by atoms with Crippen molar-refractivity contribution < 1.29 is 9.47 Å². The summed E-state index contributed by atoms with van der Waals surface area (Å²) in [6, 6.07) is 19.9. The molecule has 0 aliphatic carbocycles. The molecule has 3 aromatic rings. The summed E-state index contributed by atoms with van der Waals surface area (Å²) in [6.07, 6.45) is 0.0899. The van der Waals surface area contributed by atoms with Gasteiger partial charge in [0.15, 0.2) is 5.82 Å². The van der Waals surface area contributed by atoms with Crippen LogP contribution in [-0.4, -0.2) is 42.4 Å². The van der Waals surface area contributed by atoms with E-state index in [-0.39, 0.29) is 6.10 Å². The van der Waals surface area contributed by atoms with Gasteiger partial charge in [-0.25, -0.2) is 9.97 Å². The van der Waals surface area contributed by atoms with Crippen molar-refractivity contribution in [1.82, 2.24) is 9.97 Å². The molecule has 0 amide bonds. The fraction of sp³-hybridized carbons (Fsp3) is 0.304. The number of nitrogens with one attached hydrogen (secondary N) is 1. The molecule has 1 fully saturated rings. The normalized spacial score (nSPS) is 14.1. The Morgan fingerprint density at radius 1 is 0.966 bits per heavy atom. The lowest BCUT2D eigenvalue weighted by Crippen LogP contribution is -2.36. The lowest BCUT2D eigenvalue weighted by atomic mass is 10.2. The van der Waals surface area contributed by atoms with Gasteiger partial charge in [-0.15, -0.1) is 0 Å². The van der Waals surface area contributed by atoms with Gasteiger partial charge in [0.05, 0.1) is 25.0 Å². The van der Waals surface area contributed by atoms with Crippen LogP contribution < -0.4 is 15.0 Å². The highest BCUT2D eigenvalue weighted by Crippen LogP contribution is 2.30. The Bertz CT molecular complexity index is 941. The third kappa shape index (κ3) is 4.84. The first-order valence-electron chi connectivity index (χ1n) is 9.99. The van der Waals surface area contributed by atoms with E-state index in [1.54, 1.807) is 0 Å². The maximum atomic E-state index is 5.95. The molecule has 0 saturated carbocycles. The van der Waals surface area contributed by atoms with Crippen LogP contribution in [0.3, 0.4) is 0 Å². The van der Waals surface area contributed by atoms with Gasteiger partial charge in [0, 0.05) is 24.7 Å². The van der Waals surface area contributed by atoms with Crippen molar-refractivity contribution in [3.63, 3.8) is 0 Å². The molecule has 4 rings (SSSR count). The summed E-state index contributed by atoms with van der Waals surface area (Å²) in [5.74, 6) is 3.13. The van der Waals surface area contributed by atoms with Gasteiger partial charge in [-0.05, 0) is 26.0 Å². The Hall–Kier alpha value is -3.12. The predicted octanol–water partition coefficient (Wildman–Crippen LogP) is 4.51. The van der Waals surface area contributed by atoms with E-state index >= 15 is 0 Å². The summed E-state index contributed by atoms with van der Waals surface area (Å²) in [6.45, 7) is 7.09. The fourth-order valence-electron chi connectivity index (χ4n) is 3.23. The van der Waals surface area contributed by atoms with E-state index in [4.69, 9.17) is 19.4 Å². The number of morpholine rings is 1. The maximum absolute atomic E-state index is 5.95. The summed E-state index contributed by atoms with van der Waals surface area (Å²) < 4.78 is 11.4. The summed E-state index contributed by atoms with van der Waals surface area (Å²) in [4.78, 5) is 11.8. The van der Waals surface area contributed by atoms with Crippen molar-refractivity contribution in [2.24, 2.45) is 0 Å². The molecule has 6 nitrogen and oxygen atoms in total. The lowest BCUT2D eigenvalue weighted by molar-refractivity contribution is 0.122. The van der Waals surface area contributed by atoms with Crippen LogP contribution in [0.4, 0.5) is 17.3 Å². The standard InChI is InChI=1S/C23H26N4O2/c1-17(2)29-20-11-7-6-10-19(20)24-21-16-22(27-12-14-28-15-13-27)26-23(25-21)18-8-4-3-5-9-18/h3-11,16-17H,12-15H2,1-2H3,(H,24,25,26). The number of para-hydroxylation sites is 2. The van der Waals surface area contributed by atoms with Crippen LogP contribution in [-0.2, 0) is 4.74 Å². The zero-order valence-corrected chi connectivity index (χ0v) is 16.8. The average Bonchev–Trinajstić information content (AvgIpc) is 2.76. The van der Waals surface area contributed by atoms with Crippen molar-refractivity contribution >= 4 is 17.3 Å². The van der Waals surface area contributed by atoms with Crippen LogP contribution in [0.5, 0.6) is 5.75 Å². The molecule has 150 valence electrons. The van der Waals surface area contributed by atoms with Gasteiger partial charge in [0.2, 0.25) is 0 Å². The van der Waals surface area contributed by atoms with E-state index in [0.717, 1.165) is 41.7 Å². The van der Waals surface area contributed by atoms with Crippen molar-refractivity contribution in [3.05, 3.63) is 60.7 Å². The smallest absolute Gasteiger partial charge is 0.163 e. The molecule has 0 atom stereocenters. The van der Waals surface area contributed by atoms with Crippen LogP contribution in [0.1, 0.15) is 13.8 Å².